The number of hydrogen-bond donors (Lipinski definition) is 2. The lowest BCUT2D eigenvalue weighted by molar-refractivity contribution is -0.115. The van der Waals surface area contributed by atoms with E-state index in [1.807, 2.05) is 24.3 Å². The third-order valence-electron chi connectivity index (χ3n) is 4.45. The summed E-state index contributed by atoms with van der Waals surface area (Å²) in [6.45, 7) is 0. The third kappa shape index (κ3) is 4.23. The molecule has 0 saturated heterocycles. The van der Waals surface area contributed by atoms with Gasteiger partial charge in [-0.1, -0.05) is 22.0 Å². The van der Waals surface area contributed by atoms with Gasteiger partial charge in [0, 0.05) is 22.0 Å². The summed E-state index contributed by atoms with van der Waals surface area (Å²) in [6, 6.07) is 10.7. The largest absolute Gasteiger partial charge is 0.326 e. The monoisotopic (exact) mass is 504 g/mol. The predicted molar refractivity (Wildman–Crippen MR) is 113 cm³/mol. The third-order valence-corrected chi connectivity index (χ3v) is 5.61. The Morgan fingerprint density at radius 3 is 2.82 bits per heavy atom. The zero-order chi connectivity index (χ0) is 19.7. The second kappa shape index (κ2) is 7.97. The van der Waals surface area contributed by atoms with Crippen LogP contribution in [0.15, 0.2) is 51.5 Å². The van der Waals surface area contributed by atoms with Crippen LogP contribution in [0, 0.1) is 5.82 Å². The molecule has 0 atom stereocenters. The lowest BCUT2D eigenvalue weighted by atomic mass is 10.1. The summed E-state index contributed by atoms with van der Waals surface area (Å²) >= 11 is 6.73. The Hall–Kier alpha value is -2.32. The predicted octanol–water partition coefficient (Wildman–Crippen LogP) is 5.16. The van der Waals surface area contributed by atoms with Crippen LogP contribution in [0.25, 0.3) is 0 Å². The molecular formula is C20H15Br2FN4O. The number of aryl methyl sites for hydroxylation is 2. The molecule has 142 valence electrons. The summed E-state index contributed by atoms with van der Waals surface area (Å²) in [7, 11) is 0. The van der Waals surface area contributed by atoms with Crippen LogP contribution in [0.2, 0.25) is 0 Å². The van der Waals surface area contributed by atoms with Crippen molar-refractivity contribution in [2.45, 2.75) is 19.3 Å². The summed E-state index contributed by atoms with van der Waals surface area (Å²) in [5.74, 6) is 0.209. The highest BCUT2D eigenvalue weighted by atomic mass is 79.9. The van der Waals surface area contributed by atoms with Crippen LogP contribution < -0.4 is 10.6 Å². The maximum absolute atomic E-state index is 14.0. The van der Waals surface area contributed by atoms with E-state index in [2.05, 4.69) is 52.5 Å². The SMILES string of the molecule is O=C1Cc2cc(Nc3ncc(Br)c(CCc4ccc(Br)cc4F)n3)ccc2N1. The fraction of sp³-hybridized carbons (Fsp3) is 0.150. The number of aromatic nitrogens is 2. The van der Waals surface area contributed by atoms with Crippen molar-refractivity contribution in [2.75, 3.05) is 10.6 Å². The molecule has 1 aliphatic heterocycles. The number of carbonyl (C=O) groups excluding carboxylic acids is 1. The zero-order valence-electron chi connectivity index (χ0n) is 14.6. The van der Waals surface area contributed by atoms with Crippen molar-refractivity contribution in [2.24, 2.45) is 0 Å². The Labute approximate surface area is 178 Å². The Morgan fingerprint density at radius 2 is 2.00 bits per heavy atom. The molecule has 0 spiro atoms. The molecule has 0 unspecified atom stereocenters. The van der Waals surface area contributed by atoms with Crippen molar-refractivity contribution in [1.29, 1.82) is 0 Å². The second-order valence-electron chi connectivity index (χ2n) is 6.45. The topological polar surface area (TPSA) is 66.9 Å². The first kappa shape index (κ1) is 19.0. The van der Waals surface area contributed by atoms with E-state index in [1.165, 1.54) is 6.07 Å². The standard InChI is InChI=1S/C20H15Br2FN4O/c21-13-3-1-11(16(23)9-13)2-5-18-15(22)10-24-20(27-18)25-14-4-6-17-12(7-14)8-19(28)26-17/h1,3-4,6-7,9-10H,2,5,8H2,(H,26,28)(H,24,25,27). The van der Waals surface area contributed by atoms with Gasteiger partial charge in [-0.05, 0) is 70.2 Å². The van der Waals surface area contributed by atoms with E-state index in [1.54, 1.807) is 12.3 Å². The van der Waals surface area contributed by atoms with Gasteiger partial charge < -0.3 is 10.6 Å². The molecule has 1 aliphatic rings. The molecule has 28 heavy (non-hydrogen) atoms. The van der Waals surface area contributed by atoms with Crippen molar-refractivity contribution in [3.05, 3.63) is 74.2 Å². The van der Waals surface area contributed by atoms with E-state index in [0.29, 0.717) is 30.8 Å². The zero-order valence-corrected chi connectivity index (χ0v) is 17.8. The first-order valence-electron chi connectivity index (χ1n) is 8.63. The van der Waals surface area contributed by atoms with E-state index in [0.717, 1.165) is 31.6 Å². The molecular weight excluding hydrogens is 491 g/mol. The number of benzene rings is 2. The smallest absolute Gasteiger partial charge is 0.228 e. The summed E-state index contributed by atoms with van der Waals surface area (Å²) in [4.78, 5) is 20.3. The molecule has 0 fully saturated rings. The molecule has 2 N–H and O–H groups in total. The van der Waals surface area contributed by atoms with Crippen molar-refractivity contribution >= 4 is 55.1 Å². The molecule has 2 heterocycles. The highest BCUT2D eigenvalue weighted by Crippen LogP contribution is 2.27. The lowest BCUT2D eigenvalue weighted by Gasteiger charge is -2.10. The van der Waals surface area contributed by atoms with Crippen molar-refractivity contribution < 1.29 is 9.18 Å². The summed E-state index contributed by atoms with van der Waals surface area (Å²) < 4.78 is 15.5. The molecule has 2 aromatic carbocycles. The maximum atomic E-state index is 14.0. The minimum absolute atomic E-state index is 0.00509. The molecule has 0 radical (unpaired) electrons. The number of fused-ring (bicyclic) bond motifs is 1. The van der Waals surface area contributed by atoms with E-state index in [-0.39, 0.29) is 11.7 Å². The highest BCUT2D eigenvalue weighted by Gasteiger charge is 2.17. The van der Waals surface area contributed by atoms with Gasteiger partial charge in [-0.15, -0.1) is 0 Å². The molecule has 3 aromatic rings. The van der Waals surface area contributed by atoms with Gasteiger partial charge >= 0.3 is 0 Å². The molecule has 4 rings (SSSR count). The van der Waals surface area contributed by atoms with Gasteiger partial charge in [0.15, 0.2) is 0 Å². The number of halogens is 3. The van der Waals surface area contributed by atoms with Gasteiger partial charge in [-0.25, -0.2) is 14.4 Å². The van der Waals surface area contributed by atoms with E-state index in [4.69, 9.17) is 0 Å². The van der Waals surface area contributed by atoms with E-state index in [9.17, 15) is 9.18 Å². The minimum Gasteiger partial charge on any atom is -0.326 e. The molecule has 5 nitrogen and oxygen atoms in total. The average Bonchev–Trinajstić information content (AvgIpc) is 3.02. The molecule has 0 saturated carbocycles. The summed E-state index contributed by atoms with van der Waals surface area (Å²) in [6.07, 6.45) is 3.15. The fourth-order valence-electron chi connectivity index (χ4n) is 3.05. The van der Waals surface area contributed by atoms with Crippen LogP contribution in [0.1, 0.15) is 16.8 Å². The molecule has 1 amide bonds. The second-order valence-corrected chi connectivity index (χ2v) is 8.22. The Bertz CT molecular complexity index is 1070. The van der Waals surface area contributed by atoms with E-state index >= 15 is 0 Å². The number of hydrogen-bond acceptors (Lipinski definition) is 4. The first-order chi connectivity index (χ1) is 13.5. The Morgan fingerprint density at radius 1 is 1.14 bits per heavy atom. The van der Waals surface area contributed by atoms with Gasteiger partial charge in [0.1, 0.15) is 5.82 Å². The fourth-order valence-corrected chi connectivity index (χ4v) is 3.77. The summed E-state index contributed by atoms with van der Waals surface area (Å²) in [5.41, 5.74) is 4.02. The van der Waals surface area contributed by atoms with Crippen LogP contribution >= 0.6 is 31.9 Å². The number of nitrogens with zero attached hydrogens (tertiary/aromatic N) is 2. The summed E-state index contributed by atoms with van der Waals surface area (Å²) in [5, 5.41) is 5.98. The lowest BCUT2D eigenvalue weighted by Crippen LogP contribution is -2.03. The molecule has 0 bridgehead atoms. The number of amides is 1. The molecule has 0 aliphatic carbocycles. The van der Waals surface area contributed by atoms with Gasteiger partial charge in [0.25, 0.3) is 0 Å². The van der Waals surface area contributed by atoms with Crippen LogP contribution in [-0.4, -0.2) is 15.9 Å². The van der Waals surface area contributed by atoms with Crippen molar-refractivity contribution in [1.82, 2.24) is 9.97 Å². The van der Waals surface area contributed by atoms with Crippen molar-refractivity contribution in [3.63, 3.8) is 0 Å². The quantitative estimate of drug-likeness (QED) is 0.502. The minimum atomic E-state index is -0.237. The Balaban J connectivity index is 1.49. The first-order valence-corrected chi connectivity index (χ1v) is 10.2. The van der Waals surface area contributed by atoms with Crippen LogP contribution in [0.3, 0.4) is 0 Å². The number of rotatable bonds is 5. The van der Waals surface area contributed by atoms with Crippen molar-refractivity contribution in [3.8, 4) is 0 Å². The molecule has 1 aromatic heterocycles. The Kier molecular flexibility index (Phi) is 5.41. The highest BCUT2D eigenvalue weighted by molar-refractivity contribution is 9.10. The number of nitrogens with one attached hydrogen (secondary N) is 2. The molecule has 8 heteroatoms. The van der Waals surface area contributed by atoms with Crippen LogP contribution in [-0.2, 0) is 24.1 Å². The van der Waals surface area contributed by atoms with Gasteiger partial charge in [0.05, 0.1) is 16.6 Å². The van der Waals surface area contributed by atoms with E-state index < -0.39 is 0 Å². The van der Waals surface area contributed by atoms with Gasteiger partial charge in [-0.2, -0.15) is 0 Å². The number of anilines is 3. The maximum Gasteiger partial charge on any atom is 0.228 e. The number of carbonyl (C=O) groups is 1. The van der Waals surface area contributed by atoms with Gasteiger partial charge in [-0.3, -0.25) is 4.79 Å². The van der Waals surface area contributed by atoms with Crippen LogP contribution in [0.5, 0.6) is 0 Å². The van der Waals surface area contributed by atoms with Gasteiger partial charge in [0.2, 0.25) is 11.9 Å². The average molecular weight is 506 g/mol. The normalized spacial score (nSPS) is 12.6. The van der Waals surface area contributed by atoms with Crippen LogP contribution in [0.4, 0.5) is 21.7 Å².